The van der Waals surface area contributed by atoms with E-state index in [1.54, 1.807) is 0 Å². The predicted molar refractivity (Wildman–Crippen MR) is 237 cm³/mol. The Labute approximate surface area is 342 Å². The lowest BCUT2D eigenvalue weighted by Gasteiger charge is -2.24. The Kier molecular flexibility index (Phi) is 42.6. The minimum absolute atomic E-state index is 0.0733. The Morgan fingerprint density at radius 2 is 0.873 bits per heavy atom. The van der Waals surface area contributed by atoms with Gasteiger partial charge in [0.15, 0.2) is 0 Å². The van der Waals surface area contributed by atoms with Crippen LogP contribution >= 0.6 is 0 Å². The molecule has 0 aromatic carbocycles. The maximum absolute atomic E-state index is 13.1. The van der Waals surface area contributed by atoms with E-state index < -0.39 is 18.2 Å². The highest BCUT2D eigenvalue weighted by Crippen LogP contribution is 2.18. The Bertz CT molecular complexity index is 832. The van der Waals surface area contributed by atoms with Crippen molar-refractivity contribution >= 4 is 11.9 Å². The number of aliphatic hydroxyl groups is 2. The third kappa shape index (κ3) is 39.2. The van der Waals surface area contributed by atoms with Gasteiger partial charge in [-0.2, -0.15) is 0 Å². The quantitative estimate of drug-likeness (QED) is 0.0325. The molecule has 1 amide bonds. The molecule has 55 heavy (non-hydrogen) atoms. The summed E-state index contributed by atoms with van der Waals surface area (Å²) in [5, 5.41) is 23.6. The molecule has 0 aromatic heterocycles. The van der Waals surface area contributed by atoms with Crippen molar-refractivity contribution in [3.8, 4) is 0 Å². The van der Waals surface area contributed by atoms with Gasteiger partial charge in [0.25, 0.3) is 0 Å². The Balaban J connectivity index is 4.57. The number of allylic oxidation sites excluding steroid dienone is 2. The lowest BCUT2D eigenvalue weighted by Crippen LogP contribution is -2.46. The standard InChI is InChI=1S/C49H95NO5/c1-4-7-10-13-16-19-22-23-24-25-26-27-28-31-34-37-40-45(55-49(54)42-39-36-33-30-21-18-15-12-9-6-3)43-48(53)50-46(44-51)47(52)41-38-35-32-29-20-17-14-11-8-5-2/h26-27,45-47,51-52H,4-25,28-44H2,1-3H3,(H,50,53)/b27-26+. The van der Waals surface area contributed by atoms with Gasteiger partial charge < -0.3 is 20.3 Å². The summed E-state index contributed by atoms with van der Waals surface area (Å²) in [7, 11) is 0. The van der Waals surface area contributed by atoms with Gasteiger partial charge in [-0.15, -0.1) is 0 Å². The Morgan fingerprint density at radius 3 is 1.31 bits per heavy atom. The van der Waals surface area contributed by atoms with Crippen molar-refractivity contribution in [1.82, 2.24) is 5.32 Å². The summed E-state index contributed by atoms with van der Waals surface area (Å²) < 4.78 is 5.90. The fourth-order valence-electron chi connectivity index (χ4n) is 7.60. The molecule has 6 nitrogen and oxygen atoms in total. The fraction of sp³-hybridized carbons (Fsp3) is 0.918. The third-order valence-corrected chi connectivity index (χ3v) is 11.3. The van der Waals surface area contributed by atoms with Crippen molar-refractivity contribution in [2.45, 2.75) is 283 Å². The number of hydrogen-bond donors (Lipinski definition) is 3. The second kappa shape index (κ2) is 43.7. The van der Waals surface area contributed by atoms with Gasteiger partial charge in [-0.05, 0) is 51.4 Å². The van der Waals surface area contributed by atoms with Gasteiger partial charge in [0.05, 0.1) is 25.2 Å². The first-order valence-corrected chi connectivity index (χ1v) is 24.4. The summed E-state index contributed by atoms with van der Waals surface area (Å²) in [6.07, 6.45) is 47.0. The molecule has 0 heterocycles. The van der Waals surface area contributed by atoms with Crippen LogP contribution in [0.5, 0.6) is 0 Å². The van der Waals surface area contributed by atoms with Gasteiger partial charge in [-0.25, -0.2) is 0 Å². The van der Waals surface area contributed by atoms with Gasteiger partial charge in [-0.1, -0.05) is 213 Å². The molecule has 0 radical (unpaired) electrons. The largest absolute Gasteiger partial charge is 0.462 e. The SMILES string of the molecule is CCCCCCCCCCC/C=C/CCCCCC(CC(=O)NC(CO)C(O)CCCCCCCCCCCC)OC(=O)CCCCCCCCCCCC. The summed E-state index contributed by atoms with van der Waals surface area (Å²) in [6.45, 7) is 6.46. The molecule has 0 aromatic rings. The first kappa shape index (κ1) is 53.6. The minimum Gasteiger partial charge on any atom is -0.462 e. The lowest BCUT2D eigenvalue weighted by molar-refractivity contribution is -0.151. The maximum Gasteiger partial charge on any atom is 0.306 e. The summed E-state index contributed by atoms with van der Waals surface area (Å²) in [5.41, 5.74) is 0. The number of carbonyl (C=O) groups excluding carboxylic acids is 2. The number of ether oxygens (including phenoxy) is 1. The molecule has 0 fully saturated rings. The van der Waals surface area contributed by atoms with E-state index in [2.05, 4.69) is 38.2 Å². The van der Waals surface area contributed by atoms with Crippen LogP contribution in [0, 0.1) is 0 Å². The topological polar surface area (TPSA) is 95.9 Å². The van der Waals surface area contributed by atoms with E-state index in [4.69, 9.17) is 4.74 Å². The van der Waals surface area contributed by atoms with Crippen LogP contribution in [0.3, 0.4) is 0 Å². The van der Waals surface area contributed by atoms with Crippen LogP contribution in [0.25, 0.3) is 0 Å². The van der Waals surface area contributed by atoms with Crippen LogP contribution in [0.15, 0.2) is 12.2 Å². The molecule has 0 saturated heterocycles. The molecular formula is C49H95NO5. The normalized spacial score (nSPS) is 13.3. The van der Waals surface area contributed by atoms with E-state index >= 15 is 0 Å². The molecule has 3 unspecified atom stereocenters. The number of hydrogen-bond acceptors (Lipinski definition) is 5. The first-order valence-electron chi connectivity index (χ1n) is 24.4. The van der Waals surface area contributed by atoms with E-state index in [0.29, 0.717) is 19.3 Å². The van der Waals surface area contributed by atoms with E-state index in [1.807, 2.05) is 0 Å². The highest BCUT2D eigenvalue weighted by Gasteiger charge is 2.24. The Hall–Kier alpha value is -1.40. The molecule has 0 spiro atoms. The number of rotatable bonds is 44. The van der Waals surface area contributed by atoms with Gasteiger partial charge in [-0.3, -0.25) is 9.59 Å². The second-order valence-electron chi connectivity index (χ2n) is 16.9. The average Bonchev–Trinajstić information content (AvgIpc) is 3.18. The first-order chi connectivity index (χ1) is 27.0. The summed E-state index contributed by atoms with van der Waals surface area (Å²) >= 11 is 0. The van der Waals surface area contributed by atoms with Crippen LogP contribution in [0.1, 0.15) is 265 Å². The zero-order valence-corrected chi connectivity index (χ0v) is 37.1. The van der Waals surface area contributed by atoms with Crippen molar-refractivity contribution < 1.29 is 24.5 Å². The monoisotopic (exact) mass is 778 g/mol. The smallest absolute Gasteiger partial charge is 0.306 e. The molecule has 326 valence electrons. The fourth-order valence-corrected chi connectivity index (χ4v) is 7.60. The number of carbonyl (C=O) groups is 2. The van der Waals surface area contributed by atoms with Gasteiger partial charge in [0, 0.05) is 6.42 Å². The predicted octanol–water partition coefficient (Wildman–Crippen LogP) is 14.2. The third-order valence-electron chi connectivity index (χ3n) is 11.3. The van der Waals surface area contributed by atoms with Crippen LogP contribution in [0.2, 0.25) is 0 Å². The zero-order valence-electron chi connectivity index (χ0n) is 37.1. The molecule has 6 heteroatoms. The molecule has 0 aliphatic rings. The van der Waals surface area contributed by atoms with E-state index in [-0.39, 0.29) is 24.9 Å². The molecule has 0 bridgehead atoms. The molecule has 0 aliphatic heterocycles. The van der Waals surface area contributed by atoms with Crippen LogP contribution in [-0.2, 0) is 14.3 Å². The number of esters is 1. The van der Waals surface area contributed by atoms with Crippen molar-refractivity contribution in [2.75, 3.05) is 6.61 Å². The van der Waals surface area contributed by atoms with Crippen LogP contribution in [0.4, 0.5) is 0 Å². The maximum atomic E-state index is 13.1. The molecule has 3 N–H and O–H groups in total. The number of amides is 1. The lowest BCUT2D eigenvalue weighted by atomic mass is 10.0. The highest BCUT2D eigenvalue weighted by molar-refractivity contribution is 5.77. The zero-order chi connectivity index (χ0) is 40.3. The van der Waals surface area contributed by atoms with E-state index in [9.17, 15) is 19.8 Å². The van der Waals surface area contributed by atoms with Crippen LogP contribution in [-0.4, -0.2) is 46.9 Å². The molecule has 0 rings (SSSR count). The molecule has 0 aliphatic carbocycles. The Morgan fingerprint density at radius 1 is 0.509 bits per heavy atom. The van der Waals surface area contributed by atoms with Crippen molar-refractivity contribution in [2.24, 2.45) is 0 Å². The number of unbranched alkanes of at least 4 members (excludes halogenated alkanes) is 30. The minimum atomic E-state index is -0.784. The summed E-state index contributed by atoms with van der Waals surface area (Å²) in [4.78, 5) is 26.0. The van der Waals surface area contributed by atoms with Gasteiger partial charge >= 0.3 is 5.97 Å². The molecule has 3 atom stereocenters. The van der Waals surface area contributed by atoms with Crippen molar-refractivity contribution in [3.63, 3.8) is 0 Å². The van der Waals surface area contributed by atoms with Crippen molar-refractivity contribution in [3.05, 3.63) is 12.2 Å². The van der Waals surface area contributed by atoms with Crippen LogP contribution < -0.4 is 5.32 Å². The number of nitrogens with one attached hydrogen (secondary N) is 1. The molecule has 0 saturated carbocycles. The van der Waals surface area contributed by atoms with E-state index in [1.165, 1.54) is 161 Å². The average molecular weight is 778 g/mol. The number of aliphatic hydroxyl groups excluding tert-OH is 2. The second-order valence-corrected chi connectivity index (χ2v) is 16.9. The summed E-state index contributed by atoms with van der Waals surface area (Å²) in [5.74, 6) is -0.478. The van der Waals surface area contributed by atoms with Crippen molar-refractivity contribution in [1.29, 1.82) is 0 Å². The van der Waals surface area contributed by atoms with Gasteiger partial charge in [0.2, 0.25) is 5.91 Å². The summed E-state index contributed by atoms with van der Waals surface area (Å²) in [6, 6.07) is -0.698. The highest BCUT2D eigenvalue weighted by atomic mass is 16.5. The van der Waals surface area contributed by atoms with E-state index in [0.717, 1.165) is 57.8 Å². The van der Waals surface area contributed by atoms with Gasteiger partial charge in [0.1, 0.15) is 6.10 Å². The molecular weight excluding hydrogens is 683 g/mol.